The van der Waals surface area contributed by atoms with Gasteiger partial charge >= 0.3 is 0 Å². The van der Waals surface area contributed by atoms with Crippen molar-refractivity contribution in [2.24, 2.45) is 0 Å². The van der Waals surface area contributed by atoms with E-state index in [9.17, 15) is 0 Å². The molecule has 0 aliphatic heterocycles. The summed E-state index contributed by atoms with van der Waals surface area (Å²) in [5.41, 5.74) is 1.40. The molecule has 1 aromatic rings. The fraction of sp³-hybridized carbons (Fsp3) is 0.600. The van der Waals surface area contributed by atoms with Crippen LogP contribution < -0.4 is 10.2 Å². The first-order chi connectivity index (χ1) is 8.53. The zero-order valence-corrected chi connectivity index (χ0v) is 16.8. The van der Waals surface area contributed by atoms with E-state index in [1.165, 1.54) is 5.69 Å². The van der Waals surface area contributed by atoms with Crippen LogP contribution in [-0.2, 0) is 0 Å². The third-order valence-electron chi connectivity index (χ3n) is 3.42. The predicted octanol–water partition coefficient (Wildman–Crippen LogP) is 4.18. The Morgan fingerprint density at radius 1 is 0.895 bits per heavy atom. The van der Waals surface area contributed by atoms with Gasteiger partial charge in [-0.25, -0.2) is 0 Å². The van der Waals surface area contributed by atoms with Gasteiger partial charge in [-0.15, -0.1) is 0 Å². The summed E-state index contributed by atoms with van der Waals surface area (Å²) in [5, 5.41) is 1.56. The highest BCUT2D eigenvalue weighted by Gasteiger charge is 2.37. The smallest absolute Gasteiger partial charge is 0.0492 e. The number of anilines is 1. The predicted molar refractivity (Wildman–Crippen MR) is 99.2 cm³/mol. The third-order valence-corrected chi connectivity index (χ3v) is 19.2. The first-order valence-corrected chi connectivity index (χ1v) is 15.3. The van der Waals surface area contributed by atoms with E-state index in [0.717, 1.165) is 13.5 Å². The maximum Gasteiger partial charge on any atom is 0.0492 e. The van der Waals surface area contributed by atoms with Gasteiger partial charge in [0.1, 0.15) is 0 Å². The SMILES string of the molecule is CN(C)c1ccccc1PC([Si](C)(C)C)[Si](C)(C)C. The van der Waals surface area contributed by atoms with E-state index in [2.05, 4.69) is 82.5 Å². The number of hydrogen-bond acceptors (Lipinski definition) is 1. The number of hydrogen-bond donors (Lipinski definition) is 0. The molecule has 4 heteroatoms. The number of benzene rings is 1. The molecule has 0 heterocycles. The molecule has 1 atom stereocenters. The van der Waals surface area contributed by atoms with Crippen molar-refractivity contribution in [3.8, 4) is 0 Å². The Balaban J connectivity index is 3.11. The van der Waals surface area contributed by atoms with Crippen LogP contribution in [0.3, 0.4) is 0 Å². The van der Waals surface area contributed by atoms with Gasteiger partial charge < -0.3 is 4.90 Å². The first kappa shape index (κ1) is 16.9. The highest BCUT2D eigenvalue weighted by Crippen LogP contribution is 2.36. The van der Waals surface area contributed by atoms with E-state index in [0.29, 0.717) is 0 Å². The van der Waals surface area contributed by atoms with Gasteiger partial charge in [0.05, 0.1) is 0 Å². The van der Waals surface area contributed by atoms with Crippen LogP contribution in [0.5, 0.6) is 0 Å². The minimum atomic E-state index is -1.11. The van der Waals surface area contributed by atoms with E-state index in [-0.39, 0.29) is 0 Å². The molecule has 1 aromatic carbocycles. The Hall–Kier alpha value is -0.116. The standard InChI is InChI=1S/C15H30NPSi2/c1-16(2)13-11-9-10-12-14(13)17-15(18(3,4)5)19(6,7)8/h9-12,15,17H,1-8H3. The average molecular weight is 312 g/mol. The van der Waals surface area contributed by atoms with Gasteiger partial charge in [-0.1, -0.05) is 66.1 Å². The minimum Gasteiger partial charge on any atom is -0.377 e. The van der Waals surface area contributed by atoms with E-state index in [1.807, 2.05) is 0 Å². The molecule has 19 heavy (non-hydrogen) atoms. The van der Waals surface area contributed by atoms with Crippen LogP contribution in [0.1, 0.15) is 0 Å². The minimum absolute atomic E-state index is 0.959. The van der Waals surface area contributed by atoms with Crippen LogP contribution in [0.15, 0.2) is 24.3 Å². The van der Waals surface area contributed by atoms with Gasteiger partial charge in [0.25, 0.3) is 0 Å². The normalized spacial score (nSPS) is 13.5. The summed E-state index contributed by atoms with van der Waals surface area (Å²) < 4.78 is 0. The summed E-state index contributed by atoms with van der Waals surface area (Å²) >= 11 is 0. The third kappa shape index (κ3) is 4.73. The Bertz CT molecular complexity index is 405. The van der Waals surface area contributed by atoms with E-state index in [1.54, 1.807) is 5.30 Å². The summed E-state index contributed by atoms with van der Waals surface area (Å²) in [4.78, 5) is 3.22. The molecule has 1 nitrogen and oxygen atoms in total. The molecular weight excluding hydrogens is 281 g/mol. The molecule has 0 aromatic heterocycles. The van der Waals surface area contributed by atoms with Crippen LogP contribution in [0.2, 0.25) is 39.3 Å². The van der Waals surface area contributed by atoms with Crippen LogP contribution in [-0.4, -0.2) is 35.1 Å². The molecule has 0 fully saturated rings. The molecule has 0 aliphatic carbocycles. The summed E-state index contributed by atoms with van der Waals surface area (Å²) in [7, 11) is 3.07. The molecule has 0 saturated heterocycles. The van der Waals surface area contributed by atoms with Crippen molar-refractivity contribution in [2.75, 3.05) is 19.0 Å². The quantitative estimate of drug-likeness (QED) is 0.582. The second-order valence-corrected chi connectivity index (χ2v) is 21.5. The molecule has 0 bridgehead atoms. The van der Waals surface area contributed by atoms with Gasteiger partial charge in [-0.2, -0.15) is 0 Å². The lowest BCUT2D eigenvalue weighted by Gasteiger charge is -2.39. The first-order valence-electron chi connectivity index (χ1n) is 7.06. The lowest BCUT2D eigenvalue weighted by Crippen LogP contribution is -2.51. The molecule has 1 rings (SSSR count). The molecule has 0 saturated carbocycles. The van der Waals surface area contributed by atoms with E-state index >= 15 is 0 Å². The van der Waals surface area contributed by atoms with Crippen LogP contribution in [0.25, 0.3) is 0 Å². The Morgan fingerprint density at radius 2 is 1.37 bits per heavy atom. The average Bonchev–Trinajstić information content (AvgIpc) is 2.23. The molecule has 0 spiro atoms. The van der Waals surface area contributed by atoms with Crippen molar-refractivity contribution < 1.29 is 0 Å². The highest BCUT2D eigenvalue weighted by atomic mass is 31.1. The molecular formula is C15H30NPSi2. The molecule has 0 amide bonds. The van der Waals surface area contributed by atoms with E-state index < -0.39 is 16.1 Å². The van der Waals surface area contributed by atoms with Crippen LogP contribution >= 0.6 is 8.58 Å². The van der Waals surface area contributed by atoms with Crippen molar-refractivity contribution in [3.63, 3.8) is 0 Å². The Kier molecular flexibility index (Phi) is 5.45. The van der Waals surface area contributed by atoms with Gasteiger partial charge in [-0.3, -0.25) is 0 Å². The Labute approximate surface area is 123 Å². The lowest BCUT2D eigenvalue weighted by molar-refractivity contribution is 1.14. The maximum atomic E-state index is 2.54. The highest BCUT2D eigenvalue weighted by molar-refractivity contribution is 7.56. The van der Waals surface area contributed by atoms with Crippen molar-refractivity contribution in [3.05, 3.63) is 24.3 Å². The van der Waals surface area contributed by atoms with Gasteiger partial charge in [0.2, 0.25) is 0 Å². The maximum absolute atomic E-state index is 2.54. The zero-order valence-electron chi connectivity index (χ0n) is 13.8. The second kappa shape index (κ2) is 6.11. The van der Waals surface area contributed by atoms with E-state index in [4.69, 9.17) is 0 Å². The van der Waals surface area contributed by atoms with Gasteiger partial charge in [0, 0.05) is 35.9 Å². The molecule has 0 N–H and O–H groups in total. The zero-order chi connectivity index (χ0) is 14.8. The summed E-state index contributed by atoms with van der Waals surface area (Å²) in [5.74, 6) is 0. The summed E-state index contributed by atoms with van der Waals surface area (Å²) in [6.07, 6.45) is 0. The fourth-order valence-electron chi connectivity index (χ4n) is 2.87. The molecule has 0 radical (unpaired) electrons. The molecule has 108 valence electrons. The number of rotatable bonds is 5. The van der Waals surface area contributed by atoms with Gasteiger partial charge in [-0.05, 0) is 16.3 Å². The molecule has 1 unspecified atom stereocenters. The second-order valence-electron chi connectivity index (χ2n) is 7.72. The topological polar surface area (TPSA) is 3.24 Å². The summed E-state index contributed by atoms with van der Waals surface area (Å²) in [6, 6.07) is 8.94. The van der Waals surface area contributed by atoms with Crippen molar-refractivity contribution in [1.82, 2.24) is 0 Å². The van der Waals surface area contributed by atoms with Crippen molar-refractivity contribution in [1.29, 1.82) is 0 Å². The lowest BCUT2D eigenvalue weighted by atomic mass is 10.3. The van der Waals surface area contributed by atoms with Crippen LogP contribution in [0.4, 0.5) is 5.69 Å². The van der Waals surface area contributed by atoms with Crippen LogP contribution in [0, 0.1) is 0 Å². The monoisotopic (exact) mass is 311 g/mol. The van der Waals surface area contributed by atoms with Crippen molar-refractivity contribution >= 4 is 35.7 Å². The fourth-order valence-corrected chi connectivity index (χ4v) is 18.6. The van der Waals surface area contributed by atoms with Crippen molar-refractivity contribution in [2.45, 2.75) is 44.2 Å². The number of nitrogens with zero attached hydrogens (tertiary/aromatic N) is 1. The van der Waals surface area contributed by atoms with Gasteiger partial charge in [0.15, 0.2) is 0 Å². The summed E-state index contributed by atoms with van der Waals surface area (Å²) in [6.45, 7) is 15.3. The Morgan fingerprint density at radius 3 is 1.79 bits per heavy atom. The number of para-hydroxylation sites is 1. The largest absolute Gasteiger partial charge is 0.377 e. The molecule has 0 aliphatic rings.